The van der Waals surface area contributed by atoms with Crippen LogP contribution in [-0.4, -0.2) is 0 Å². The molecule has 0 aliphatic rings. The summed E-state index contributed by atoms with van der Waals surface area (Å²) < 4.78 is 14.0. The van der Waals surface area contributed by atoms with Crippen molar-refractivity contribution in [3.05, 3.63) is 32.6 Å². The van der Waals surface area contributed by atoms with Crippen molar-refractivity contribution >= 4 is 22.6 Å². The number of benzene rings is 1. The Labute approximate surface area is 73.6 Å². The number of halogens is 2. The van der Waals surface area contributed by atoms with Crippen molar-refractivity contribution in [2.45, 2.75) is 13.8 Å². The van der Waals surface area contributed by atoms with Gasteiger partial charge in [0.2, 0.25) is 0 Å². The summed E-state index contributed by atoms with van der Waals surface area (Å²) in [5, 5.41) is 0. The highest BCUT2D eigenvalue weighted by atomic mass is 127. The lowest BCUT2D eigenvalue weighted by atomic mass is 10.1. The lowest BCUT2D eigenvalue weighted by Crippen LogP contribution is -1.88. The second kappa shape index (κ2) is 2.86. The molecule has 0 spiro atoms. The Bertz CT molecular complexity index is 232. The zero-order valence-electron chi connectivity index (χ0n) is 5.91. The van der Waals surface area contributed by atoms with Gasteiger partial charge in [0.1, 0.15) is 5.82 Å². The monoisotopic (exact) mass is 250 g/mol. The fraction of sp³-hybridized carbons (Fsp3) is 0.250. The van der Waals surface area contributed by atoms with Crippen LogP contribution in [0.2, 0.25) is 0 Å². The van der Waals surface area contributed by atoms with Crippen LogP contribution < -0.4 is 0 Å². The standard InChI is InChI=1S/C8H8FI/c1-5-3-7(10)4-6(2)8(5)9/h3-4H,1-2H3. The van der Waals surface area contributed by atoms with Crippen molar-refractivity contribution in [1.29, 1.82) is 0 Å². The van der Waals surface area contributed by atoms with Crippen molar-refractivity contribution in [2.75, 3.05) is 0 Å². The molecule has 0 saturated heterocycles. The number of hydrogen-bond donors (Lipinski definition) is 0. The summed E-state index contributed by atoms with van der Waals surface area (Å²) in [6.07, 6.45) is 0. The van der Waals surface area contributed by atoms with E-state index in [4.69, 9.17) is 0 Å². The van der Waals surface area contributed by atoms with Crippen molar-refractivity contribution in [2.24, 2.45) is 0 Å². The Balaban J connectivity index is 3.31. The van der Waals surface area contributed by atoms with Gasteiger partial charge in [0.05, 0.1) is 0 Å². The maximum Gasteiger partial charge on any atom is 0.129 e. The second-order valence-corrected chi connectivity index (χ2v) is 3.60. The van der Waals surface area contributed by atoms with Crippen molar-refractivity contribution in [1.82, 2.24) is 0 Å². The van der Waals surface area contributed by atoms with Gasteiger partial charge in [-0.3, -0.25) is 0 Å². The third-order valence-electron chi connectivity index (χ3n) is 1.40. The highest BCUT2D eigenvalue weighted by Gasteiger charge is 2.00. The first-order chi connectivity index (χ1) is 4.61. The summed E-state index contributed by atoms with van der Waals surface area (Å²) in [6.45, 7) is 3.56. The van der Waals surface area contributed by atoms with Crippen LogP contribution in [0.5, 0.6) is 0 Å². The van der Waals surface area contributed by atoms with Crippen LogP contribution in [0.15, 0.2) is 12.1 Å². The summed E-state index contributed by atoms with van der Waals surface area (Å²) >= 11 is 2.18. The quantitative estimate of drug-likeness (QED) is 0.621. The van der Waals surface area contributed by atoms with E-state index in [1.165, 1.54) is 0 Å². The molecule has 0 fully saturated rings. The van der Waals surface area contributed by atoms with E-state index in [2.05, 4.69) is 22.6 Å². The van der Waals surface area contributed by atoms with Crippen LogP contribution in [-0.2, 0) is 0 Å². The number of aryl methyl sites for hydroxylation is 2. The highest BCUT2D eigenvalue weighted by molar-refractivity contribution is 14.1. The van der Waals surface area contributed by atoms with Gasteiger partial charge in [-0.1, -0.05) is 0 Å². The molecule has 0 atom stereocenters. The molecule has 1 aromatic rings. The second-order valence-electron chi connectivity index (χ2n) is 2.35. The maximum atomic E-state index is 12.9. The molecular formula is C8H8FI. The van der Waals surface area contributed by atoms with Gasteiger partial charge in [0.25, 0.3) is 0 Å². The van der Waals surface area contributed by atoms with E-state index in [1.807, 2.05) is 12.1 Å². The van der Waals surface area contributed by atoms with E-state index in [0.29, 0.717) is 0 Å². The molecule has 0 nitrogen and oxygen atoms in total. The van der Waals surface area contributed by atoms with E-state index in [-0.39, 0.29) is 5.82 Å². The smallest absolute Gasteiger partial charge is 0.129 e. The van der Waals surface area contributed by atoms with Crippen molar-refractivity contribution in [3.63, 3.8) is 0 Å². The normalized spacial score (nSPS) is 10.0. The minimum Gasteiger partial charge on any atom is -0.206 e. The van der Waals surface area contributed by atoms with Crippen LogP contribution in [0.1, 0.15) is 11.1 Å². The van der Waals surface area contributed by atoms with Gasteiger partial charge < -0.3 is 0 Å². The fourth-order valence-corrected chi connectivity index (χ4v) is 1.83. The predicted octanol–water partition coefficient (Wildman–Crippen LogP) is 3.05. The van der Waals surface area contributed by atoms with Crippen LogP contribution >= 0.6 is 22.6 Å². The Morgan fingerprint density at radius 1 is 1.20 bits per heavy atom. The first-order valence-corrected chi connectivity index (χ1v) is 4.11. The minimum atomic E-state index is -0.0829. The van der Waals surface area contributed by atoms with Crippen molar-refractivity contribution in [3.8, 4) is 0 Å². The molecule has 0 amide bonds. The summed E-state index contributed by atoms with van der Waals surface area (Å²) in [5.74, 6) is -0.0829. The molecule has 0 N–H and O–H groups in total. The SMILES string of the molecule is Cc1cc(I)cc(C)c1F. The van der Waals surface area contributed by atoms with Gasteiger partial charge in [-0.05, 0) is 59.7 Å². The molecule has 0 radical (unpaired) electrons. The fourth-order valence-electron chi connectivity index (χ4n) is 0.893. The molecule has 0 aromatic heterocycles. The lowest BCUT2D eigenvalue weighted by Gasteiger charge is -2.00. The average Bonchev–Trinajstić information content (AvgIpc) is 1.82. The van der Waals surface area contributed by atoms with Crippen LogP contribution in [0.25, 0.3) is 0 Å². The van der Waals surface area contributed by atoms with Crippen LogP contribution in [0, 0.1) is 23.2 Å². The molecule has 0 aliphatic carbocycles. The van der Waals surface area contributed by atoms with E-state index < -0.39 is 0 Å². The minimum absolute atomic E-state index is 0.0829. The van der Waals surface area contributed by atoms with E-state index in [9.17, 15) is 4.39 Å². The Kier molecular flexibility index (Phi) is 2.28. The number of hydrogen-bond acceptors (Lipinski definition) is 0. The summed E-state index contributed by atoms with van der Waals surface area (Å²) in [5.41, 5.74) is 1.45. The molecule has 54 valence electrons. The van der Waals surface area contributed by atoms with Gasteiger partial charge in [0.15, 0.2) is 0 Å². The van der Waals surface area contributed by atoms with E-state index in [1.54, 1.807) is 13.8 Å². The largest absolute Gasteiger partial charge is 0.206 e. The molecule has 0 bridgehead atoms. The first-order valence-electron chi connectivity index (χ1n) is 3.03. The molecule has 10 heavy (non-hydrogen) atoms. The van der Waals surface area contributed by atoms with Gasteiger partial charge >= 0.3 is 0 Å². The predicted molar refractivity (Wildman–Crippen MR) is 48.6 cm³/mol. The lowest BCUT2D eigenvalue weighted by molar-refractivity contribution is 0.609. The van der Waals surface area contributed by atoms with E-state index in [0.717, 1.165) is 14.7 Å². The zero-order valence-corrected chi connectivity index (χ0v) is 8.07. The molecule has 0 heterocycles. The molecule has 2 heteroatoms. The molecule has 1 rings (SSSR count). The topological polar surface area (TPSA) is 0 Å². The third kappa shape index (κ3) is 1.48. The molecule has 0 aliphatic heterocycles. The van der Waals surface area contributed by atoms with Gasteiger partial charge in [0, 0.05) is 3.57 Å². The zero-order chi connectivity index (χ0) is 7.72. The van der Waals surface area contributed by atoms with Crippen LogP contribution in [0.3, 0.4) is 0 Å². The average molecular weight is 250 g/mol. The Hall–Kier alpha value is -0.120. The molecule has 0 saturated carbocycles. The number of rotatable bonds is 0. The molecule has 1 aromatic carbocycles. The van der Waals surface area contributed by atoms with Crippen LogP contribution in [0.4, 0.5) is 4.39 Å². The Morgan fingerprint density at radius 3 is 2.00 bits per heavy atom. The first kappa shape index (κ1) is 7.98. The van der Waals surface area contributed by atoms with Gasteiger partial charge in [-0.2, -0.15) is 0 Å². The maximum absolute atomic E-state index is 12.9. The molecule has 0 unspecified atom stereocenters. The van der Waals surface area contributed by atoms with Crippen molar-refractivity contribution < 1.29 is 4.39 Å². The summed E-state index contributed by atoms with van der Waals surface area (Å²) in [4.78, 5) is 0. The Morgan fingerprint density at radius 2 is 1.60 bits per heavy atom. The summed E-state index contributed by atoms with van der Waals surface area (Å²) in [7, 11) is 0. The summed E-state index contributed by atoms with van der Waals surface area (Å²) in [6, 6.07) is 3.67. The van der Waals surface area contributed by atoms with E-state index >= 15 is 0 Å². The third-order valence-corrected chi connectivity index (χ3v) is 2.02. The highest BCUT2D eigenvalue weighted by Crippen LogP contribution is 2.15. The van der Waals surface area contributed by atoms with Gasteiger partial charge in [-0.25, -0.2) is 4.39 Å². The van der Waals surface area contributed by atoms with Gasteiger partial charge in [-0.15, -0.1) is 0 Å². The molecular weight excluding hydrogens is 242 g/mol.